The lowest BCUT2D eigenvalue weighted by Gasteiger charge is -2.12. The van der Waals surface area contributed by atoms with Crippen LogP contribution in [0.5, 0.6) is 0 Å². The number of benzene rings is 2. The van der Waals surface area contributed by atoms with Crippen LogP contribution in [-0.2, 0) is 20.9 Å². The highest BCUT2D eigenvalue weighted by Gasteiger charge is 2.17. The van der Waals surface area contributed by atoms with Crippen molar-refractivity contribution in [2.75, 3.05) is 5.32 Å². The van der Waals surface area contributed by atoms with E-state index < -0.39 is 23.8 Å². The number of hydrogen-bond donors (Lipinski definition) is 1. The van der Waals surface area contributed by atoms with Gasteiger partial charge in [-0.2, -0.15) is 5.10 Å². The van der Waals surface area contributed by atoms with Gasteiger partial charge in [0, 0.05) is 23.0 Å². The lowest BCUT2D eigenvalue weighted by Crippen LogP contribution is -2.29. The summed E-state index contributed by atoms with van der Waals surface area (Å²) in [7, 11) is 0. The maximum Gasteiger partial charge on any atom is 0.331 e. The Bertz CT molecular complexity index is 1130. The summed E-state index contributed by atoms with van der Waals surface area (Å²) in [5.74, 6) is -1.55. The van der Waals surface area contributed by atoms with E-state index in [1.807, 2.05) is 25.5 Å². The molecule has 7 heteroatoms. The van der Waals surface area contributed by atoms with Gasteiger partial charge in [0.15, 0.2) is 6.10 Å². The fourth-order valence-electron chi connectivity index (χ4n) is 3.17. The molecule has 2 aromatic carbocycles. The van der Waals surface area contributed by atoms with Gasteiger partial charge >= 0.3 is 5.97 Å². The molecule has 0 saturated heterocycles. The zero-order chi connectivity index (χ0) is 23.3. The van der Waals surface area contributed by atoms with Crippen LogP contribution in [0.4, 0.5) is 10.1 Å². The van der Waals surface area contributed by atoms with Gasteiger partial charge in [0.2, 0.25) is 0 Å². The predicted molar refractivity (Wildman–Crippen MR) is 122 cm³/mol. The molecule has 1 N–H and O–H groups in total. The predicted octanol–water partition coefficient (Wildman–Crippen LogP) is 4.58. The lowest BCUT2D eigenvalue weighted by molar-refractivity contribution is -0.148. The van der Waals surface area contributed by atoms with Crippen LogP contribution in [0.1, 0.15) is 35.0 Å². The Morgan fingerprint density at radius 1 is 1.09 bits per heavy atom. The Hall–Kier alpha value is -3.74. The van der Waals surface area contributed by atoms with Gasteiger partial charge in [-0.25, -0.2) is 9.18 Å². The normalized spacial score (nSPS) is 12.0. The molecule has 0 bridgehead atoms. The Labute approximate surface area is 186 Å². The van der Waals surface area contributed by atoms with Gasteiger partial charge in [-0.15, -0.1) is 0 Å². The SMILES string of the molecule is Cc1ccc(Cn2nc(C)c(/C=C/C(=O)OC(C)C(=O)Nc3ccc(F)cc3)c2C)cc1. The van der Waals surface area contributed by atoms with Gasteiger partial charge in [0.05, 0.1) is 12.2 Å². The largest absolute Gasteiger partial charge is 0.449 e. The van der Waals surface area contributed by atoms with E-state index in [2.05, 4.69) is 34.7 Å². The van der Waals surface area contributed by atoms with Crippen LogP contribution < -0.4 is 5.32 Å². The summed E-state index contributed by atoms with van der Waals surface area (Å²) in [5, 5.41) is 7.15. The van der Waals surface area contributed by atoms with E-state index in [-0.39, 0.29) is 0 Å². The molecule has 6 nitrogen and oxygen atoms in total. The molecule has 0 spiro atoms. The molecule has 0 saturated carbocycles. The van der Waals surface area contributed by atoms with E-state index in [1.165, 1.54) is 42.8 Å². The van der Waals surface area contributed by atoms with Gasteiger partial charge in [-0.3, -0.25) is 9.48 Å². The number of carbonyl (C=O) groups excluding carboxylic acids is 2. The van der Waals surface area contributed by atoms with Crippen molar-refractivity contribution in [1.82, 2.24) is 9.78 Å². The average Bonchev–Trinajstić information content (AvgIpc) is 3.02. The third-order valence-electron chi connectivity index (χ3n) is 5.05. The van der Waals surface area contributed by atoms with Crippen molar-refractivity contribution in [2.24, 2.45) is 0 Å². The number of nitrogens with one attached hydrogen (secondary N) is 1. The minimum absolute atomic E-state index is 0.402. The molecule has 1 aromatic heterocycles. The summed E-state index contributed by atoms with van der Waals surface area (Å²) in [5.41, 5.74) is 5.30. The molecule has 3 aromatic rings. The molecule has 0 radical (unpaired) electrons. The first-order chi connectivity index (χ1) is 15.2. The first-order valence-electron chi connectivity index (χ1n) is 10.3. The molecular formula is C25H26FN3O3. The molecule has 0 aliphatic rings. The number of rotatable bonds is 7. The smallest absolute Gasteiger partial charge is 0.331 e. The first kappa shape index (κ1) is 22.9. The number of anilines is 1. The van der Waals surface area contributed by atoms with E-state index in [4.69, 9.17) is 4.74 Å². The molecule has 0 aliphatic carbocycles. The number of halogens is 1. The van der Waals surface area contributed by atoms with Crippen LogP contribution >= 0.6 is 0 Å². The molecule has 1 heterocycles. The second-order valence-corrected chi connectivity index (χ2v) is 7.64. The Morgan fingerprint density at radius 2 is 1.75 bits per heavy atom. The number of hydrogen-bond acceptors (Lipinski definition) is 4. The summed E-state index contributed by atoms with van der Waals surface area (Å²) < 4.78 is 20.0. The molecular weight excluding hydrogens is 409 g/mol. The van der Waals surface area contributed by atoms with Crippen molar-refractivity contribution < 1.29 is 18.7 Å². The lowest BCUT2D eigenvalue weighted by atomic mass is 10.1. The van der Waals surface area contributed by atoms with Crippen molar-refractivity contribution in [1.29, 1.82) is 0 Å². The van der Waals surface area contributed by atoms with E-state index in [0.29, 0.717) is 12.2 Å². The minimum atomic E-state index is -1.01. The Morgan fingerprint density at radius 3 is 2.41 bits per heavy atom. The average molecular weight is 435 g/mol. The second-order valence-electron chi connectivity index (χ2n) is 7.64. The maximum absolute atomic E-state index is 13.0. The van der Waals surface area contributed by atoms with Crippen LogP contribution in [0, 0.1) is 26.6 Å². The van der Waals surface area contributed by atoms with E-state index in [1.54, 1.807) is 6.08 Å². The summed E-state index contributed by atoms with van der Waals surface area (Å²) in [6.07, 6.45) is 1.93. The maximum atomic E-state index is 13.0. The van der Waals surface area contributed by atoms with Crippen molar-refractivity contribution >= 4 is 23.6 Å². The van der Waals surface area contributed by atoms with E-state index in [9.17, 15) is 14.0 Å². The zero-order valence-corrected chi connectivity index (χ0v) is 18.6. The fourth-order valence-corrected chi connectivity index (χ4v) is 3.17. The number of aryl methyl sites for hydroxylation is 2. The van der Waals surface area contributed by atoms with Crippen molar-refractivity contribution in [3.8, 4) is 0 Å². The zero-order valence-electron chi connectivity index (χ0n) is 18.6. The molecule has 166 valence electrons. The summed E-state index contributed by atoms with van der Waals surface area (Å²) in [4.78, 5) is 24.4. The number of nitrogens with zero attached hydrogens (tertiary/aromatic N) is 2. The number of aromatic nitrogens is 2. The van der Waals surface area contributed by atoms with Crippen molar-refractivity contribution in [3.05, 3.63) is 88.5 Å². The van der Waals surface area contributed by atoms with Crippen LogP contribution in [0.3, 0.4) is 0 Å². The third kappa shape index (κ3) is 5.91. The van der Waals surface area contributed by atoms with Crippen LogP contribution in [-0.4, -0.2) is 27.8 Å². The third-order valence-corrected chi connectivity index (χ3v) is 5.05. The molecule has 0 fully saturated rings. The highest BCUT2D eigenvalue weighted by atomic mass is 19.1. The Balaban J connectivity index is 1.60. The molecule has 3 rings (SSSR count). The van der Waals surface area contributed by atoms with Crippen molar-refractivity contribution in [2.45, 2.75) is 40.3 Å². The van der Waals surface area contributed by atoms with E-state index >= 15 is 0 Å². The van der Waals surface area contributed by atoms with Gasteiger partial charge in [0.1, 0.15) is 5.82 Å². The number of amides is 1. The fraction of sp³-hybridized carbons (Fsp3) is 0.240. The first-order valence-corrected chi connectivity index (χ1v) is 10.3. The standard InChI is InChI=1S/C25H26FN3O3/c1-16-5-7-20(8-6-16)15-29-18(3)23(17(2)28-29)13-14-24(30)32-19(4)25(31)27-22-11-9-21(26)10-12-22/h5-14,19H,15H2,1-4H3,(H,27,31)/b14-13+. The van der Waals surface area contributed by atoms with Crippen LogP contribution in [0.25, 0.3) is 6.08 Å². The number of ether oxygens (including phenoxy) is 1. The number of esters is 1. The highest BCUT2D eigenvalue weighted by molar-refractivity contribution is 5.96. The van der Waals surface area contributed by atoms with Gasteiger partial charge in [0.25, 0.3) is 5.91 Å². The quantitative estimate of drug-likeness (QED) is 0.436. The highest BCUT2D eigenvalue weighted by Crippen LogP contribution is 2.17. The second kappa shape index (κ2) is 10.0. The van der Waals surface area contributed by atoms with Gasteiger partial charge in [-0.1, -0.05) is 29.8 Å². The Kier molecular flexibility index (Phi) is 7.20. The molecule has 1 amide bonds. The van der Waals surface area contributed by atoms with Crippen LogP contribution in [0.2, 0.25) is 0 Å². The monoisotopic (exact) mass is 435 g/mol. The van der Waals surface area contributed by atoms with Crippen LogP contribution in [0.15, 0.2) is 54.6 Å². The molecule has 1 atom stereocenters. The summed E-state index contributed by atoms with van der Waals surface area (Å²) >= 11 is 0. The topological polar surface area (TPSA) is 73.2 Å². The number of carbonyl (C=O) groups is 2. The summed E-state index contributed by atoms with van der Waals surface area (Å²) in [6, 6.07) is 13.6. The van der Waals surface area contributed by atoms with Crippen molar-refractivity contribution in [3.63, 3.8) is 0 Å². The molecule has 32 heavy (non-hydrogen) atoms. The minimum Gasteiger partial charge on any atom is -0.449 e. The molecule has 1 unspecified atom stereocenters. The van der Waals surface area contributed by atoms with Gasteiger partial charge in [-0.05, 0) is 63.6 Å². The van der Waals surface area contributed by atoms with E-state index in [0.717, 1.165) is 22.5 Å². The summed E-state index contributed by atoms with van der Waals surface area (Å²) in [6.45, 7) is 7.97. The molecule has 0 aliphatic heterocycles. The van der Waals surface area contributed by atoms with Gasteiger partial charge < -0.3 is 10.1 Å².